The second-order valence-electron chi connectivity index (χ2n) is 4.96. The van der Waals surface area contributed by atoms with Gasteiger partial charge in [-0.1, -0.05) is 15.9 Å². The molecule has 0 aromatic carbocycles. The van der Waals surface area contributed by atoms with Gasteiger partial charge in [0.15, 0.2) is 9.84 Å². The van der Waals surface area contributed by atoms with Crippen LogP contribution in [-0.2, 0) is 15.2 Å². The predicted molar refractivity (Wildman–Crippen MR) is 69.1 cm³/mol. The molecule has 1 saturated heterocycles. The van der Waals surface area contributed by atoms with Gasteiger partial charge >= 0.3 is 0 Å². The van der Waals surface area contributed by atoms with E-state index in [0.29, 0.717) is 18.1 Å². The van der Waals surface area contributed by atoms with E-state index in [1.165, 1.54) is 24.1 Å². The lowest BCUT2D eigenvalue weighted by molar-refractivity contribution is 0.480. The Morgan fingerprint density at radius 3 is 2.71 bits per heavy atom. The predicted octanol–water partition coefficient (Wildman–Crippen LogP) is 2.02. The first-order chi connectivity index (χ1) is 8.11. The van der Waals surface area contributed by atoms with Crippen molar-refractivity contribution in [3.8, 4) is 0 Å². The lowest BCUT2D eigenvalue weighted by Crippen LogP contribution is -2.15. The van der Waals surface area contributed by atoms with E-state index in [2.05, 4.69) is 21.0 Å². The van der Waals surface area contributed by atoms with Crippen LogP contribution in [-0.4, -0.2) is 29.7 Å². The zero-order valence-electron chi connectivity index (χ0n) is 9.47. The maximum atomic E-state index is 11.5. The molecule has 2 aliphatic rings. The summed E-state index contributed by atoms with van der Waals surface area (Å²) in [5, 5.41) is 5.22. The summed E-state index contributed by atoms with van der Waals surface area (Å²) >= 11 is 3.48. The van der Waals surface area contributed by atoms with Crippen molar-refractivity contribution in [3.63, 3.8) is 0 Å². The van der Waals surface area contributed by atoms with Gasteiger partial charge in [-0.2, -0.15) is 5.10 Å². The highest BCUT2D eigenvalue weighted by Gasteiger charge is 2.36. The number of sulfone groups is 1. The van der Waals surface area contributed by atoms with E-state index in [4.69, 9.17) is 0 Å². The van der Waals surface area contributed by atoms with Gasteiger partial charge in [-0.3, -0.25) is 4.68 Å². The Balaban J connectivity index is 1.95. The Hall–Kier alpha value is -0.360. The van der Waals surface area contributed by atoms with Crippen LogP contribution in [0.25, 0.3) is 0 Å². The van der Waals surface area contributed by atoms with Crippen molar-refractivity contribution in [2.75, 3.05) is 11.5 Å². The molecule has 4 nitrogen and oxygen atoms in total. The molecule has 2 heterocycles. The van der Waals surface area contributed by atoms with Crippen LogP contribution in [0.3, 0.4) is 0 Å². The molecule has 0 bridgehead atoms. The van der Waals surface area contributed by atoms with Crippen LogP contribution in [0.5, 0.6) is 0 Å². The molecule has 0 radical (unpaired) electrons. The summed E-state index contributed by atoms with van der Waals surface area (Å²) < 4.78 is 25.1. The Kier molecular flexibility index (Phi) is 2.82. The molecule has 2 fully saturated rings. The van der Waals surface area contributed by atoms with Gasteiger partial charge in [0, 0.05) is 22.5 Å². The van der Waals surface area contributed by atoms with E-state index in [1.807, 2.05) is 10.9 Å². The molecule has 3 rings (SSSR count). The Bertz CT molecular complexity index is 534. The first-order valence-electron chi connectivity index (χ1n) is 5.93. The first kappa shape index (κ1) is 11.7. The second-order valence-corrected chi connectivity index (χ2v) is 7.75. The second kappa shape index (κ2) is 4.09. The summed E-state index contributed by atoms with van der Waals surface area (Å²) in [7, 11) is -2.84. The maximum absolute atomic E-state index is 11.5. The molecule has 0 N–H and O–H groups in total. The van der Waals surface area contributed by atoms with Crippen LogP contribution in [0.2, 0.25) is 0 Å². The Morgan fingerprint density at radius 1 is 1.41 bits per heavy atom. The van der Waals surface area contributed by atoms with Crippen LogP contribution < -0.4 is 0 Å². The molecule has 1 unspecified atom stereocenters. The molecule has 17 heavy (non-hydrogen) atoms. The highest BCUT2D eigenvalue weighted by molar-refractivity contribution is 9.08. The lowest BCUT2D eigenvalue weighted by Gasteiger charge is -2.13. The normalized spacial score (nSPS) is 27.5. The molecule has 6 heteroatoms. The van der Waals surface area contributed by atoms with Crippen molar-refractivity contribution in [1.29, 1.82) is 0 Å². The van der Waals surface area contributed by atoms with Gasteiger partial charge in [-0.25, -0.2) is 8.42 Å². The van der Waals surface area contributed by atoms with Crippen LogP contribution >= 0.6 is 15.9 Å². The molecule has 1 atom stereocenters. The van der Waals surface area contributed by atoms with Crippen LogP contribution in [0.15, 0.2) is 6.20 Å². The van der Waals surface area contributed by atoms with Crippen LogP contribution in [0.1, 0.15) is 42.5 Å². The molecular weight excluding hydrogens is 304 g/mol. The molecule has 0 amide bonds. The third-order valence-electron chi connectivity index (χ3n) is 3.58. The van der Waals surface area contributed by atoms with E-state index in [1.54, 1.807) is 0 Å². The topological polar surface area (TPSA) is 52.0 Å². The summed E-state index contributed by atoms with van der Waals surface area (Å²) in [6.45, 7) is 0. The van der Waals surface area contributed by atoms with E-state index < -0.39 is 9.84 Å². The minimum Gasteiger partial charge on any atom is -0.265 e. The Labute approximate surface area is 109 Å². The highest BCUT2D eigenvalue weighted by atomic mass is 79.9. The van der Waals surface area contributed by atoms with Gasteiger partial charge in [-0.05, 0) is 19.3 Å². The molecule has 1 aromatic heterocycles. The lowest BCUT2D eigenvalue weighted by atomic mass is 10.1. The monoisotopic (exact) mass is 318 g/mol. The number of nitrogens with zero attached hydrogens (tertiary/aromatic N) is 2. The quantitative estimate of drug-likeness (QED) is 0.801. The number of alkyl halides is 1. The highest BCUT2D eigenvalue weighted by Crippen LogP contribution is 2.43. The van der Waals surface area contributed by atoms with E-state index in [9.17, 15) is 8.42 Å². The fraction of sp³-hybridized carbons (Fsp3) is 0.727. The zero-order chi connectivity index (χ0) is 12.0. The molecule has 94 valence electrons. The molecule has 1 aromatic rings. The van der Waals surface area contributed by atoms with Gasteiger partial charge in [0.2, 0.25) is 0 Å². The van der Waals surface area contributed by atoms with Crippen molar-refractivity contribution >= 4 is 25.8 Å². The van der Waals surface area contributed by atoms with Crippen molar-refractivity contribution in [2.24, 2.45) is 0 Å². The molecule has 1 saturated carbocycles. The van der Waals surface area contributed by atoms with Crippen molar-refractivity contribution in [1.82, 2.24) is 9.78 Å². The number of aromatic nitrogens is 2. The van der Waals surface area contributed by atoms with E-state index in [-0.39, 0.29) is 11.8 Å². The summed E-state index contributed by atoms with van der Waals surface area (Å²) in [5.74, 6) is 1.18. The van der Waals surface area contributed by atoms with Crippen LogP contribution in [0, 0.1) is 0 Å². The van der Waals surface area contributed by atoms with Crippen LogP contribution in [0.4, 0.5) is 0 Å². The smallest absolute Gasteiger partial charge is 0.152 e. The van der Waals surface area contributed by atoms with Crippen molar-refractivity contribution in [3.05, 3.63) is 17.5 Å². The molecular formula is C11H15BrN2O2S. The largest absolute Gasteiger partial charge is 0.265 e. The number of halogens is 1. The molecule has 1 aliphatic carbocycles. The van der Waals surface area contributed by atoms with E-state index in [0.717, 1.165) is 5.33 Å². The average Bonchev–Trinajstić information content (AvgIpc) is 2.93. The average molecular weight is 319 g/mol. The summed E-state index contributed by atoms with van der Waals surface area (Å²) in [6.07, 6.45) is 5.02. The van der Waals surface area contributed by atoms with Gasteiger partial charge in [0.25, 0.3) is 0 Å². The zero-order valence-corrected chi connectivity index (χ0v) is 11.9. The van der Waals surface area contributed by atoms with Gasteiger partial charge < -0.3 is 0 Å². The first-order valence-corrected chi connectivity index (χ1v) is 8.87. The molecule has 1 aliphatic heterocycles. The minimum absolute atomic E-state index is 0.0587. The van der Waals surface area contributed by atoms with Crippen molar-refractivity contribution in [2.45, 2.75) is 36.6 Å². The SMILES string of the molecule is O=S1(=O)CCC(n2ncc(CBr)c2C2CC2)C1. The number of rotatable bonds is 3. The fourth-order valence-electron chi connectivity index (χ4n) is 2.58. The van der Waals surface area contributed by atoms with E-state index >= 15 is 0 Å². The number of hydrogen-bond acceptors (Lipinski definition) is 3. The Morgan fingerprint density at radius 2 is 2.18 bits per heavy atom. The number of hydrogen-bond donors (Lipinski definition) is 0. The standard InChI is InChI=1S/C11H15BrN2O2S/c12-5-9-6-13-14(11(9)8-1-2-8)10-3-4-17(15,16)7-10/h6,8,10H,1-5,7H2. The van der Waals surface area contributed by atoms with Gasteiger partial charge in [0.05, 0.1) is 23.7 Å². The van der Waals surface area contributed by atoms with Crippen molar-refractivity contribution < 1.29 is 8.42 Å². The fourth-order valence-corrected chi connectivity index (χ4v) is 4.70. The third-order valence-corrected chi connectivity index (χ3v) is 5.93. The van der Waals surface area contributed by atoms with Gasteiger partial charge in [0.1, 0.15) is 0 Å². The summed E-state index contributed by atoms with van der Waals surface area (Å²) in [6, 6.07) is 0.0587. The van der Waals surface area contributed by atoms with Gasteiger partial charge in [-0.15, -0.1) is 0 Å². The molecule has 0 spiro atoms. The maximum Gasteiger partial charge on any atom is 0.152 e. The minimum atomic E-state index is -2.84. The summed E-state index contributed by atoms with van der Waals surface area (Å²) in [4.78, 5) is 0. The summed E-state index contributed by atoms with van der Waals surface area (Å²) in [5.41, 5.74) is 2.49. The third kappa shape index (κ3) is 2.17.